The van der Waals surface area contributed by atoms with E-state index >= 15 is 0 Å². The van der Waals surface area contributed by atoms with E-state index in [2.05, 4.69) is 10.2 Å². The van der Waals surface area contributed by atoms with E-state index in [1.54, 1.807) is 12.1 Å². The van der Waals surface area contributed by atoms with Crippen LogP contribution >= 0.6 is 0 Å². The van der Waals surface area contributed by atoms with Crippen LogP contribution in [0.3, 0.4) is 0 Å². The second kappa shape index (κ2) is 5.53. The summed E-state index contributed by atoms with van der Waals surface area (Å²) in [7, 11) is 0. The number of nitrogens with zero attached hydrogens (tertiary/aromatic N) is 1. The Morgan fingerprint density at radius 3 is 2.33 bits per heavy atom. The minimum Gasteiger partial charge on any atom is -0.481 e. The number of hydrogen-bond acceptors (Lipinski definition) is 3. The number of carbonyl (C=O) groups is 2. The van der Waals surface area contributed by atoms with Gasteiger partial charge in [0.1, 0.15) is 6.42 Å². The van der Waals surface area contributed by atoms with Crippen LogP contribution < -0.4 is 10.2 Å². The molecular weight excluding hydrogens is 232 g/mol. The molecule has 5 heteroatoms. The fraction of sp³-hybridized carbons (Fsp3) is 0.385. The summed E-state index contributed by atoms with van der Waals surface area (Å²) in [5.74, 6) is -1.63. The van der Waals surface area contributed by atoms with Gasteiger partial charge in [-0.15, -0.1) is 0 Å². The van der Waals surface area contributed by atoms with Crippen molar-refractivity contribution >= 4 is 23.3 Å². The number of carboxylic acids is 1. The molecule has 0 radical (unpaired) electrons. The highest BCUT2D eigenvalue weighted by molar-refractivity contribution is 6.01. The molecule has 0 atom stereocenters. The number of nitrogens with one attached hydrogen (secondary N) is 1. The van der Waals surface area contributed by atoms with Crippen molar-refractivity contribution in [3.63, 3.8) is 0 Å². The number of carboxylic acid groups (broad SMARTS) is 1. The fourth-order valence-corrected chi connectivity index (χ4v) is 2.07. The zero-order chi connectivity index (χ0) is 13.0. The van der Waals surface area contributed by atoms with Gasteiger partial charge in [0.05, 0.1) is 0 Å². The third kappa shape index (κ3) is 3.23. The van der Waals surface area contributed by atoms with E-state index < -0.39 is 18.3 Å². The van der Waals surface area contributed by atoms with Crippen molar-refractivity contribution in [3.05, 3.63) is 24.3 Å². The molecule has 2 N–H and O–H groups in total. The smallest absolute Gasteiger partial charge is 0.312 e. The summed E-state index contributed by atoms with van der Waals surface area (Å²) < 4.78 is 0. The molecule has 18 heavy (non-hydrogen) atoms. The van der Waals surface area contributed by atoms with Gasteiger partial charge in [-0.05, 0) is 37.1 Å². The molecular formula is C13H16N2O3. The lowest BCUT2D eigenvalue weighted by Crippen LogP contribution is -2.18. The molecule has 96 valence electrons. The molecule has 1 aromatic rings. The third-order valence-corrected chi connectivity index (χ3v) is 2.93. The van der Waals surface area contributed by atoms with Gasteiger partial charge >= 0.3 is 5.97 Å². The number of aliphatic carboxylic acids is 1. The number of benzene rings is 1. The monoisotopic (exact) mass is 248 g/mol. The van der Waals surface area contributed by atoms with Crippen LogP contribution in [0, 0.1) is 0 Å². The highest BCUT2D eigenvalue weighted by atomic mass is 16.4. The number of anilines is 2. The molecule has 1 amide bonds. The molecule has 1 saturated heterocycles. The first-order chi connectivity index (χ1) is 8.65. The van der Waals surface area contributed by atoms with Crippen LogP contribution in [0.15, 0.2) is 24.3 Å². The third-order valence-electron chi connectivity index (χ3n) is 2.93. The van der Waals surface area contributed by atoms with Gasteiger partial charge in [-0.1, -0.05) is 0 Å². The Labute approximate surface area is 105 Å². The van der Waals surface area contributed by atoms with E-state index in [9.17, 15) is 9.59 Å². The molecule has 1 aliphatic heterocycles. The number of rotatable bonds is 4. The first-order valence-corrected chi connectivity index (χ1v) is 6.02. The summed E-state index contributed by atoms with van der Waals surface area (Å²) in [5.41, 5.74) is 1.77. The van der Waals surface area contributed by atoms with Crippen LogP contribution in [0.1, 0.15) is 19.3 Å². The zero-order valence-electron chi connectivity index (χ0n) is 10.1. The highest BCUT2D eigenvalue weighted by Crippen LogP contribution is 2.21. The van der Waals surface area contributed by atoms with Crippen LogP contribution in [-0.4, -0.2) is 30.1 Å². The second-order valence-electron chi connectivity index (χ2n) is 4.36. The van der Waals surface area contributed by atoms with Crippen LogP contribution in [0.25, 0.3) is 0 Å². The molecule has 1 aliphatic rings. The van der Waals surface area contributed by atoms with Crippen LogP contribution in [0.5, 0.6) is 0 Å². The van der Waals surface area contributed by atoms with Gasteiger partial charge in [0.2, 0.25) is 5.91 Å². The minimum absolute atomic E-state index is 0.503. The summed E-state index contributed by atoms with van der Waals surface area (Å²) in [6, 6.07) is 7.49. The average molecular weight is 248 g/mol. The van der Waals surface area contributed by atoms with E-state index in [4.69, 9.17) is 5.11 Å². The molecule has 0 spiro atoms. The van der Waals surface area contributed by atoms with E-state index in [0.29, 0.717) is 5.69 Å². The van der Waals surface area contributed by atoms with Gasteiger partial charge in [-0.2, -0.15) is 0 Å². The predicted molar refractivity (Wildman–Crippen MR) is 68.8 cm³/mol. The molecule has 5 nitrogen and oxygen atoms in total. The maximum absolute atomic E-state index is 11.3. The Morgan fingerprint density at radius 2 is 1.78 bits per heavy atom. The normalized spacial score (nSPS) is 14.6. The van der Waals surface area contributed by atoms with Crippen molar-refractivity contribution in [1.82, 2.24) is 0 Å². The van der Waals surface area contributed by atoms with Gasteiger partial charge in [0.15, 0.2) is 0 Å². The lowest BCUT2D eigenvalue weighted by atomic mass is 10.2. The minimum atomic E-state index is -1.12. The Bertz CT molecular complexity index is 436. The molecule has 2 rings (SSSR count). The van der Waals surface area contributed by atoms with Gasteiger partial charge in [-0.3, -0.25) is 9.59 Å². The van der Waals surface area contributed by atoms with Crippen molar-refractivity contribution < 1.29 is 14.7 Å². The van der Waals surface area contributed by atoms with E-state index in [1.807, 2.05) is 12.1 Å². The second-order valence-corrected chi connectivity index (χ2v) is 4.36. The van der Waals surface area contributed by atoms with Crippen molar-refractivity contribution in [3.8, 4) is 0 Å². The van der Waals surface area contributed by atoms with E-state index in [-0.39, 0.29) is 0 Å². The first kappa shape index (κ1) is 12.4. The van der Waals surface area contributed by atoms with Crippen molar-refractivity contribution in [2.24, 2.45) is 0 Å². The van der Waals surface area contributed by atoms with Crippen LogP contribution in [-0.2, 0) is 9.59 Å². The maximum atomic E-state index is 11.3. The van der Waals surface area contributed by atoms with Crippen molar-refractivity contribution in [2.75, 3.05) is 23.3 Å². The molecule has 0 saturated carbocycles. The fourth-order valence-electron chi connectivity index (χ4n) is 2.07. The molecule has 0 bridgehead atoms. The number of amides is 1. The van der Waals surface area contributed by atoms with Crippen molar-refractivity contribution in [1.29, 1.82) is 0 Å². The Balaban J connectivity index is 1.94. The van der Waals surface area contributed by atoms with Gasteiger partial charge in [0, 0.05) is 24.5 Å². The predicted octanol–water partition coefficient (Wildman–Crippen LogP) is 1.70. The summed E-state index contributed by atoms with van der Waals surface area (Å²) in [4.78, 5) is 23.9. The molecule has 0 unspecified atom stereocenters. The van der Waals surface area contributed by atoms with Crippen LogP contribution in [0.2, 0.25) is 0 Å². The number of carbonyl (C=O) groups excluding carboxylic acids is 1. The Hall–Kier alpha value is -2.04. The Kier molecular flexibility index (Phi) is 3.82. The van der Waals surface area contributed by atoms with Gasteiger partial charge in [0.25, 0.3) is 0 Å². The standard InChI is InChI=1S/C13H16N2O3/c16-12(9-13(17)18)14-10-3-5-11(6-4-10)15-7-1-2-8-15/h3-6H,1-2,7-9H2,(H,14,16)(H,17,18). The highest BCUT2D eigenvalue weighted by Gasteiger charge is 2.12. The molecule has 1 fully saturated rings. The molecule has 0 aromatic heterocycles. The number of hydrogen-bond donors (Lipinski definition) is 2. The van der Waals surface area contributed by atoms with Crippen molar-refractivity contribution in [2.45, 2.75) is 19.3 Å². The van der Waals surface area contributed by atoms with E-state index in [1.165, 1.54) is 12.8 Å². The largest absolute Gasteiger partial charge is 0.481 e. The quantitative estimate of drug-likeness (QED) is 0.796. The Morgan fingerprint density at radius 1 is 1.17 bits per heavy atom. The molecule has 0 aliphatic carbocycles. The van der Waals surface area contributed by atoms with Gasteiger partial charge < -0.3 is 15.3 Å². The zero-order valence-corrected chi connectivity index (χ0v) is 10.1. The first-order valence-electron chi connectivity index (χ1n) is 6.02. The lowest BCUT2D eigenvalue weighted by molar-refractivity contribution is -0.139. The summed E-state index contributed by atoms with van der Waals surface area (Å²) >= 11 is 0. The molecule has 1 heterocycles. The lowest BCUT2D eigenvalue weighted by Gasteiger charge is -2.17. The topological polar surface area (TPSA) is 69.6 Å². The van der Waals surface area contributed by atoms with Crippen LogP contribution in [0.4, 0.5) is 11.4 Å². The SMILES string of the molecule is O=C(O)CC(=O)Nc1ccc(N2CCCC2)cc1. The molecule has 1 aromatic carbocycles. The van der Waals surface area contributed by atoms with Gasteiger partial charge in [-0.25, -0.2) is 0 Å². The maximum Gasteiger partial charge on any atom is 0.312 e. The average Bonchev–Trinajstić information content (AvgIpc) is 2.82. The summed E-state index contributed by atoms with van der Waals surface area (Å²) in [6.45, 7) is 2.15. The van der Waals surface area contributed by atoms with E-state index in [0.717, 1.165) is 18.8 Å². The summed E-state index contributed by atoms with van der Waals surface area (Å²) in [6.07, 6.45) is 1.93. The summed E-state index contributed by atoms with van der Waals surface area (Å²) in [5, 5.41) is 11.0.